The van der Waals surface area contributed by atoms with Crippen LogP contribution in [-0.4, -0.2) is 48.0 Å². The van der Waals surface area contributed by atoms with Gasteiger partial charge in [-0.25, -0.2) is 9.97 Å². The van der Waals surface area contributed by atoms with Crippen LogP contribution in [0, 0.1) is 6.92 Å². The smallest absolute Gasteiger partial charge is 0.275 e. The number of carbonyl (C=O) groups excluding carboxylic acids is 1. The molecule has 0 saturated carbocycles. The first kappa shape index (κ1) is 18.2. The molecule has 0 bridgehead atoms. The monoisotopic (exact) mass is 347 g/mol. The van der Waals surface area contributed by atoms with Gasteiger partial charge in [0, 0.05) is 17.3 Å². The molecule has 2 aromatic rings. The van der Waals surface area contributed by atoms with Crippen molar-refractivity contribution in [3.05, 3.63) is 46.9 Å². The lowest BCUT2D eigenvalue weighted by Crippen LogP contribution is -2.17. The van der Waals surface area contributed by atoms with E-state index in [2.05, 4.69) is 25.5 Å². The topological polar surface area (TPSA) is 70.2 Å². The molecular formula is C17H22ClN5O. The molecule has 0 spiro atoms. The van der Waals surface area contributed by atoms with Gasteiger partial charge < -0.3 is 15.5 Å². The maximum absolute atomic E-state index is 12.2. The fourth-order valence-corrected chi connectivity index (χ4v) is 2.25. The number of halogens is 1. The van der Waals surface area contributed by atoms with Gasteiger partial charge in [-0.15, -0.1) is 0 Å². The Morgan fingerprint density at radius 1 is 1.25 bits per heavy atom. The van der Waals surface area contributed by atoms with Crippen molar-refractivity contribution in [2.24, 2.45) is 0 Å². The van der Waals surface area contributed by atoms with Gasteiger partial charge in [-0.1, -0.05) is 17.7 Å². The highest BCUT2D eigenvalue weighted by molar-refractivity contribution is 6.31. The summed E-state index contributed by atoms with van der Waals surface area (Å²) in [6.07, 6.45) is 4.03. The Bertz CT molecular complexity index is 688. The SMILES string of the molecule is Cc1c(Cl)cccc1NC(=O)c1cnc(NCCCN(C)C)cn1. The van der Waals surface area contributed by atoms with Gasteiger partial charge in [-0.3, -0.25) is 4.79 Å². The van der Waals surface area contributed by atoms with Gasteiger partial charge in [0.2, 0.25) is 0 Å². The predicted octanol–water partition coefficient (Wildman–Crippen LogP) is 3.05. The van der Waals surface area contributed by atoms with Crippen LogP contribution in [0.5, 0.6) is 0 Å². The van der Waals surface area contributed by atoms with Crippen LogP contribution >= 0.6 is 11.6 Å². The van der Waals surface area contributed by atoms with E-state index in [1.54, 1.807) is 24.4 Å². The maximum Gasteiger partial charge on any atom is 0.275 e. The minimum Gasteiger partial charge on any atom is -0.369 e. The van der Waals surface area contributed by atoms with Crippen LogP contribution in [-0.2, 0) is 0 Å². The molecular weight excluding hydrogens is 326 g/mol. The van der Waals surface area contributed by atoms with Crippen molar-refractivity contribution < 1.29 is 4.79 Å². The summed E-state index contributed by atoms with van der Waals surface area (Å²) in [4.78, 5) is 22.7. The molecule has 1 heterocycles. The third kappa shape index (κ3) is 5.18. The molecule has 6 nitrogen and oxygen atoms in total. The lowest BCUT2D eigenvalue weighted by atomic mass is 10.2. The van der Waals surface area contributed by atoms with Crippen molar-refractivity contribution in [3.63, 3.8) is 0 Å². The number of nitrogens with zero attached hydrogens (tertiary/aromatic N) is 3. The summed E-state index contributed by atoms with van der Waals surface area (Å²) in [5.41, 5.74) is 1.74. The summed E-state index contributed by atoms with van der Waals surface area (Å²) in [6.45, 7) is 3.66. The van der Waals surface area contributed by atoms with Crippen LogP contribution < -0.4 is 10.6 Å². The Morgan fingerprint density at radius 3 is 2.71 bits per heavy atom. The molecule has 1 amide bonds. The van der Waals surface area contributed by atoms with Gasteiger partial charge in [-0.2, -0.15) is 0 Å². The Morgan fingerprint density at radius 2 is 2.04 bits per heavy atom. The van der Waals surface area contributed by atoms with Crippen molar-refractivity contribution in [1.82, 2.24) is 14.9 Å². The normalized spacial score (nSPS) is 10.7. The first-order chi connectivity index (χ1) is 11.5. The molecule has 1 aromatic heterocycles. The van der Waals surface area contributed by atoms with Crippen molar-refractivity contribution in [1.29, 1.82) is 0 Å². The van der Waals surface area contributed by atoms with Gasteiger partial charge in [0.25, 0.3) is 5.91 Å². The molecule has 7 heteroatoms. The number of benzene rings is 1. The molecule has 128 valence electrons. The molecule has 0 saturated heterocycles. The zero-order valence-electron chi connectivity index (χ0n) is 14.1. The van der Waals surface area contributed by atoms with E-state index >= 15 is 0 Å². The minimum atomic E-state index is -0.313. The molecule has 0 radical (unpaired) electrons. The number of hydrogen-bond donors (Lipinski definition) is 2. The highest BCUT2D eigenvalue weighted by atomic mass is 35.5. The summed E-state index contributed by atoms with van der Waals surface area (Å²) in [6, 6.07) is 5.37. The maximum atomic E-state index is 12.2. The van der Waals surface area contributed by atoms with Crippen LogP contribution in [0.15, 0.2) is 30.6 Å². The Labute approximate surface area is 147 Å². The highest BCUT2D eigenvalue weighted by Gasteiger charge is 2.11. The van der Waals surface area contributed by atoms with Crippen LogP contribution in [0.3, 0.4) is 0 Å². The lowest BCUT2D eigenvalue weighted by Gasteiger charge is -2.11. The van der Waals surface area contributed by atoms with Crippen LogP contribution in [0.2, 0.25) is 5.02 Å². The molecule has 2 N–H and O–H groups in total. The Kier molecular flexibility index (Phi) is 6.52. The number of aromatic nitrogens is 2. The summed E-state index contributed by atoms with van der Waals surface area (Å²) in [5, 5.41) is 6.59. The zero-order chi connectivity index (χ0) is 17.5. The van der Waals surface area contributed by atoms with E-state index in [1.807, 2.05) is 21.0 Å². The standard InChI is InChI=1S/C17H22ClN5O/c1-12-13(18)6-4-7-14(12)22-17(24)15-10-21-16(11-20-15)19-8-5-9-23(2)3/h4,6-7,10-11H,5,8-9H2,1-3H3,(H,19,21)(H,22,24). The van der Waals surface area contributed by atoms with Gasteiger partial charge in [0.15, 0.2) is 0 Å². The van der Waals surface area contributed by atoms with Gasteiger partial charge in [0.05, 0.1) is 12.4 Å². The van der Waals surface area contributed by atoms with E-state index in [4.69, 9.17) is 11.6 Å². The average molecular weight is 348 g/mol. The van der Waals surface area contributed by atoms with Crippen molar-refractivity contribution in [3.8, 4) is 0 Å². The summed E-state index contributed by atoms with van der Waals surface area (Å²) >= 11 is 6.05. The molecule has 1 aromatic carbocycles. The Balaban J connectivity index is 1.92. The quantitative estimate of drug-likeness (QED) is 0.753. The number of rotatable bonds is 7. The summed E-state index contributed by atoms with van der Waals surface area (Å²) < 4.78 is 0. The van der Waals surface area contributed by atoms with Crippen LogP contribution in [0.1, 0.15) is 22.5 Å². The number of anilines is 2. The van der Waals surface area contributed by atoms with Crippen LogP contribution in [0.25, 0.3) is 0 Å². The summed E-state index contributed by atoms with van der Waals surface area (Å²) in [5.74, 6) is 0.344. The van der Waals surface area contributed by atoms with Gasteiger partial charge in [0.1, 0.15) is 11.5 Å². The molecule has 24 heavy (non-hydrogen) atoms. The first-order valence-corrected chi connectivity index (χ1v) is 8.12. The third-order valence-electron chi connectivity index (χ3n) is 3.49. The second-order valence-corrected chi connectivity index (χ2v) is 6.14. The van der Waals surface area contributed by atoms with Crippen LogP contribution in [0.4, 0.5) is 11.5 Å². The third-order valence-corrected chi connectivity index (χ3v) is 3.90. The van der Waals surface area contributed by atoms with Crippen molar-refractivity contribution in [2.75, 3.05) is 37.8 Å². The number of nitrogens with one attached hydrogen (secondary N) is 2. The number of carbonyl (C=O) groups is 1. The Hall–Kier alpha value is -2.18. The van der Waals surface area contributed by atoms with E-state index < -0.39 is 0 Å². The van der Waals surface area contributed by atoms with Crippen molar-refractivity contribution in [2.45, 2.75) is 13.3 Å². The molecule has 0 unspecified atom stereocenters. The van der Waals surface area contributed by atoms with E-state index in [0.29, 0.717) is 16.5 Å². The number of amides is 1. The fourth-order valence-electron chi connectivity index (χ4n) is 2.08. The molecule has 2 rings (SSSR count). The van der Waals surface area contributed by atoms with E-state index in [-0.39, 0.29) is 11.6 Å². The first-order valence-electron chi connectivity index (χ1n) is 7.74. The van der Waals surface area contributed by atoms with E-state index in [1.165, 1.54) is 6.20 Å². The van der Waals surface area contributed by atoms with Crippen molar-refractivity contribution >= 4 is 29.0 Å². The number of hydrogen-bond acceptors (Lipinski definition) is 5. The summed E-state index contributed by atoms with van der Waals surface area (Å²) in [7, 11) is 4.07. The molecule has 0 fully saturated rings. The highest BCUT2D eigenvalue weighted by Crippen LogP contribution is 2.23. The second-order valence-electron chi connectivity index (χ2n) is 5.74. The largest absolute Gasteiger partial charge is 0.369 e. The minimum absolute atomic E-state index is 0.258. The molecule has 0 aliphatic carbocycles. The van der Waals surface area contributed by atoms with Gasteiger partial charge in [-0.05, 0) is 51.7 Å². The molecule has 0 atom stereocenters. The van der Waals surface area contributed by atoms with E-state index in [9.17, 15) is 4.79 Å². The lowest BCUT2D eigenvalue weighted by molar-refractivity contribution is 0.102. The van der Waals surface area contributed by atoms with Gasteiger partial charge >= 0.3 is 0 Å². The predicted molar refractivity (Wildman–Crippen MR) is 97.8 cm³/mol. The molecule has 0 aliphatic rings. The fraction of sp³-hybridized carbons (Fsp3) is 0.353. The average Bonchev–Trinajstić information content (AvgIpc) is 2.56. The zero-order valence-corrected chi connectivity index (χ0v) is 14.9. The molecule has 0 aliphatic heterocycles. The second kappa shape index (κ2) is 8.61. The van der Waals surface area contributed by atoms with E-state index in [0.717, 1.165) is 25.1 Å².